The van der Waals surface area contributed by atoms with E-state index >= 15 is 0 Å². The van der Waals surface area contributed by atoms with Gasteiger partial charge in [0.1, 0.15) is 0 Å². The first-order valence-corrected chi connectivity index (χ1v) is 9.35. The molecule has 2 N–H and O–H groups in total. The SMILES string of the molecule is C1=CC2=CC=CC2=C1.C1=CC2=CC=CC2=C1.C1=CC2=CC=CC2=C1.OCCO. The van der Waals surface area contributed by atoms with Crippen LogP contribution in [0.4, 0.5) is 0 Å². The Kier molecular flexibility index (Phi) is 7.14. The van der Waals surface area contributed by atoms with E-state index in [1.54, 1.807) is 0 Å². The molecule has 0 radical (unpaired) electrons. The van der Waals surface area contributed by atoms with E-state index < -0.39 is 0 Å². The molecule has 140 valence electrons. The van der Waals surface area contributed by atoms with Crippen LogP contribution >= 0.6 is 0 Å². The van der Waals surface area contributed by atoms with Gasteiger partial charge in [-0.2, -0.15) is 0 Å². The Labute approximate surface area is 166 Å². The highest BCUT2D eigenvalue weighted by molar-refractivity contribution is 5.60. The van der Waals surface area contributed by atoms with Crippen molar-refractivity contribution in [1.82, 2.24) is 0 Å². The second-order valence-electron chi connectivity index (χ2n) is 6.33. The Morgan fingerprint density at radius 3 is 0.679 bits per heavy atom. The molecule has 0 aromatic heterocycles. The normalized spacial score (nSPS) is 19.1. The van der Waals surface area contributed by atoms with Crippen LogP contribution in [0.25, 0.3) is 0 Å². The Morgan fingerprint density at radius 2 is 0.536 bits per heavy atom. The Bertz CT molecular complexity index is 758. The molecular formula is C26H24O2. The van der Waals surface area contributed by atoms with Gasteiger partial charge in [0.2, 0.25) is 0 Å². The van der Waals surface area contributed by atoms with Crippen molar-refractivity contribution in [2.45, 2.75) is 0 Å². The predicted molar refractivity (Wildman–Crippen MR) is 118 cm³/mol. The average Bonchev–Trinajstić information content (AvgIpc) is 3.50. The van der Waals surface area contributed by atoms with E-state index in [9.17, 15) is 0 Å². The van der Waals surface area contributed by atoms with Crippen LogP contribution in [0.5, 0.6) is 0 Å². The number of hydrogen-bond acceptors (Lipinski definition) is 2. The Morgan fingerprint density at radius 1 is 0.357 bits per heavy atom. The first kappa shape index (κ1) is 19.6. The van der Waals surface area contributed by atoms with Crippen LogP contribution in [0.3, 0.4) is 0 Å². The zero-order chi connectivity index (χ0) is 19.6. The summed E-state index contributed by atoms with van der Waals surface area (Å²) in [5, 5.41) is 15.2. The summed E-state index contributed by atoms with van der Waals surface area (Å²) >= 11 is 0. The van der Waals surface area contributed by atoms with Crippen LogP contribution in [0.2, 0.25) is 0 Å². The molecule has 0 aromatic carbocycles. The molecule has 0 fully saturated rings. The fourth-order valence-corrected chi connectivity index (χ4v) is 3.02. The maximum Gasteiger partial charge on any atom is 0.0662 e. The molecule has 0 atom stereocenters. The van der Waals surface area contributed by atoms with Crippen LogP contribution in [0.15, 0.2) is 143 Å². The minimum absolute atomic E-state index is 0.125. The van der Waals surface area contributed by atoms with Crippen molar-refractivity contribution in [1.29, 1.82) is 0 Å². The van der Waals surface area contributed by atoms with Crippen LogP contribution < -0.4 is 0 Å². The predicted octanol–water partition coefficient (Wildman–Crippen LogP) is 4.91. The molecule has 0 aromatic rings. The van der Waals surface area contributed by atoms with Gasteiger partial charge in [0.05, 0.1) is 13.2 Å². The molecule has 6 aliphatic rings. The average molecular weight is 368 g/mol. The van der Waals surface area contributed by atoms with E-state index in [0.29, 0.717) is 0 Å². The zero-order valence-electron chi connectivity index (χ0n) is 15.7. The highest BCUT2D eigenvalue weighted by Crippen LogP contribution is 2.24. The smallest absolute Gasteiger partial charge is 0.0662 e. The van der Waals surface area contributed by atoms with Gasteiger partial charge in [0.25, 0.3) is 0 Å². The van der Waals surface area contributed by atoms with Crippen LogP contribution in [0, 0.1) is 0 Å². The third kappa shape index (κ3) is 5.17. The lowest BCUT2D eigenvalue weighted by molar-refractivity contribution is 0.186. The van der Waals surface area contributed by atoms with Gasteiger partial charge >= 0.3 is 0 Å². The summed E-state index contributed by atoms with van der Waals surface area (Å²) in [7, 11) is 0. The van der Waals surface area contributed by atoms with E-state index in [1.807, 2.05) is 0 Å². The maximum absolute atomic E-state index is 7.62. The van der Waals surface area contributed by atoms with E-state index in [-0.39, 0.29) is 13.2 Å². The van der Waals surface area contributed by atoms with E-state index in [4.69, 9.17) is 10.2 Å². The van der Waals surface area contributed by atoms with Crippen molar-refractivity contribution < 1.29 is 10.2 Å². The maximum atomic E-state index is 7.62. The largest absolute Gasteiger partial charge is 0.394 e. The molecule has 0 spiro atoms. The van der Waals surface area contributed by atoms with Gasteiger partial charge in [0, 0.05) is 0 Å². The van der Waals surface area contributed by atoms with Gasteiger partial charge in [-0.15, -0.1) is 0 Å². The standard InChI is InChI=1S/3C8H6.C2H6O2/c3*1-3-7-5-2-6-8(7)4-1;3-1-2-4/h3*1-6H;3-4H,1-2H2. The number of allylic oxidation sites excluding steroid dienone is 24. The lowest BCUT2D eigenvalue weighted by Gasteiger charge is -1.85. The minimum Gasteiger partial charge on any atom is -0.394 e. The lowest BCUT2D eigenvalue weighted by Crippen LogP contribution is -1.85. The number of aliphatic hydroxyl groups excluding tert-OH is 2. The summed E-state index contributed by atoms with van der Waals surface area (Å²) in [4.78, 5) is 0. The molecule has 6 rings (SSSR count). The molecule has 2 heteroatoms. The number of rotatable bonds is 1. The second kappa shape index (κ2) is 10.2. The molecular weight excluding hydrogens is 344 g/mol. The van der Waals surface area contributed by atoms with Gasteiger partial charge in [-0.25, -0.2) is 0 Å². The van der Waals surface area contributed by atoms with Crippen molar-refractivity contribution >= 4 is 0 Å². The molecule has 6 aliphatic carbocycles. The van der Waals surface area contributed by atoms with Gasteiger partial charge in [-0.3, -0.25) is 0 Å². The highest BCUT2D eigenvalue weighted by atomic mass is 16.3. The van der Waals surface area contributed by atoms with Crippen LogP contribution in [-0.2, 0) is 0 Å². The fourth-order valence-electron chi connectivity index (χ4n) is 3.02. The van der Waals surface area contributed by atoms with Crippen LogP contribution in [-0.4, -0.2) is 23.4 Å². The summed E-state index contributed by atoms with van der Waals surface area (Å²) in [6.07, 6.45) is 37.9. The van der Waals surface area contributed by atoms with Crippen molar-refractivity contribution in [2.75, 3.05) is 13.2 Å². The number of aliphatic hydroxyl groups is 2. The molecule has 28 heavy (non-hydrogen) atoms. The molecule has 0 saturated carbocycles. The van der Waals surface area contributed by atoms with E-state index in [2.05, 4.69) is 109 Å². The highest BCUT2D eigenvalue weighted by Gasteiger charge is 2.05. The number of hydrogen-bond donors (Lipinski definition) is 2. The summed E-state index contributed by atoms with van der Waals surface area (Å²) in [5.41, 5.74) is 8.11. The molecule has 0 amide bonds. The van der Waals surface area contributed by atoms with Gasteiger partial charge in [0.15, 0.2) is 0 Å². The third-order valence-electron chi connectivity index (χ3n) is 4.41. The lowest BCUT2D eigenvalue weighted by atomic mass is 10.2. The minimum atomic E-state index is -0.125. The van der Waals surface area contributed by atoms with Gasteiger partial charge in [-0.1, -0.05) is 109 Å². The molecule has 0 unspecified atom stereocenters. The second-order valence-corrected chi connectivity index (χ2v) is 6.33. The van der Waals surface area contributed by atoms with Crippen LogP contribution in [0.1, 0.15) is 0 Å². The van der Waals surface area contributed by atoms with E-state index in [0.717, 1.165) is 0 Å². The third-order valence-corrected chi connectivity index (χ3v) is 4.41. The quantitative estimate of drug-likeness (QED) is 0.691. The van der Waals surface area contributed by atoms with Crippen molar-refractivity contribution in [2.24, 2.45) is 0 Å². The van der Waals surface area contributed by atoms with Gasteiger partial charge < -0.3 is 10.2 Å². The molecule has 2 nitrogen and oxygen atoms in total. The number of fused-ring (bicyclic) bond motifs is 3. The van der Waals surface area contributed by atoms with Gasteiger partial charge in [-0.05, 0) is 33.4 Å². The van der Waals surface area contributed by atoms with Crippen molar-refractivity contribution in [3.05, 3.63) is 143 Å². The molecule has 0 heterocycles. The Hall–Kier alpha value is -3.20. The first-order chi connectivity index (χ1) is 13.8. The van der Waals surface area contributed by atoms with E-state index in [1.165, 1.54) is 33.4 Å². The summed E-state index contributed by atoms with van der Waals surface area (Å²) in [6.45, 7) is -0.250. The molecule has 0 bridgehead atoms. The molecule has 0 saturated heterocycles. The summed E-state index contributed by atoms with van der Waals surface area (Å²) < 4.78 is 0. The summed E-state index contributed by atoms with van der Waals surface area (Å²) in [6, 6.07) is 0. The van der Waals surface area contributed by atoms with Crippen molar-refractivity contribution in [3.63, 3.8) is 0 Å². The Balaban J connectivity index is 0.000000111. The van der Waals surface area contributed by atoms with Crippen molar-refractivity contribution in [3.8, 4) is 0 Å². The first-order valence-electron chi connectivity index (χ1n) is 9.35. The molecule has 0 aliphatic heterocycles. The topological polar surface area (TPSA) is 40.5 Å². The zero-order valence-corrected chi connectivity index (χ0v) is 15.7. The fraction of sp³-hybridized carbons (Fsp3) is 0.0769. The monoisotopic (exact) mass is 368 g/mol. The summed E-state index contributed by atoms with van der Waals surface area (Å²) in [5.74, 6) is 0.